The summed E-state index contributed by atoms with van der Waals surface area (Å²) in [7, 11) is 0. The molecule has 5 rings (SSSR count). The van der Waals surface area contributed by atoms with Crippen LogP contribution in [-0.4, -0.2) is 27.5 Å². The van der Waals surface area contributed by atoms with Crippen molar-refractivity contribution < 1.29 is 22.5 Å². The van der Waals surface area contributed by atoms with Gasteiger partial charge in [0.2, 0.25) is 11.7 Å². The predicted molar refractivity (Wildman–Crippen MR) is 111 cm³/mol. The van der Waals surface area contributed by atoms with Crippen molar-refractivity contribution >= 4 is 5.91 Å². The molecule has 1 fully saturated rings. The Kier molecular flexibility index (Phi) is 5.26. The molecular formula is C24H19F2N3O3. The Hall–Kier alpha value is -3.81. The van der Waals surface area contributed by atoms with Gasteiger partial charge < -0.3 is 13.8 Å². The predicted octanol–water partition coefficient (Wildman–Crippen LogP) is 5.18. The van der Waals surface area contributed by atoms with Gasteiger partial charge in [-0.25, -0.2) is 13.8 Å². The highest BCUT2D eigenvalue weighted by molar-refractivity contribution is 5.92. The molecule has 0 bridgehead atoms. The molecule has 162 valence electrons. The molecule has 1 aliphatic heterocycles. The molecule has 1 aliphatic rings. The number of halogens is 2. The number of aromatic nitrogens is 2. The summed E-state index contributed by atoms with van der Waals surface area (Å²) in [5, 5.41) is 3.92. The summed E-state index contributed by atoms with van der Waals surface area (Å²) in [6, 6.07) is 13.4. The second kappa shape index (κ2) is 8.37. The molecule has 6 nitrogen and oxygen atoms in total. The van der Waals surface area contributed by atoms with Crippen molar-refractivity contribution in [2.24, 2.45) is 0 Å². The summed E-state index contributed by atoms with van der Waals surface area (Å²) < 4.78 is 38.1. The fourth-order valence-corrected chi connectivity index (χ4v) is 3.97. The van der Waals surface area contributed by atoms with E-state index in [0.717, 1.165) is 12.0 Å². The summed E-state index contributed by atoms with van der Waals surface area (Å²) in [6.07, 6.45) is 3.52. The van der Waals surface area contributed by atoms with Gasteiger partial charge in [-0.05, 0) is 42.7 Å². The van der Waals surface area contributed by atoms with Gasteiger partial charge in [-0.3, -0.25) is 4.79 Å². The van der Waals surface area contributed by atoms with Crippen molar-refractivity contribution in [1.29, 1.82) is 0 Å². The number of benzene rings is 2. The minimum absolute atomic E-state index is 0.0719. The fraction of sp³-hybridized carbons (Fsp3) is 0.208. The number of hydrogen-bond donors (Lipinski definition) is 0. The van der Waals surface area contributed by atoms with Gasteiger partial charge in [-0.1, -0.05) is 29.4 Å². The molecule has 1 saturated heterocycles. The molecule has 8 heteroatoms. The largest absolute Gasteiger partial charge is 0.443 e. The molecule has 32 heavy (non-hydrogen) atoms. The van der Waals surface area contributed by atoms with Crippen molar-refractivity contribution in [2.45, 2.75) is 25.3 Å². The van der Waals surface area contributed by atoms with E-state index in [-0.39, 0.29) is 23.5 Å². The quantitative estimate of drug-likeness (QED) is 0.432. The third-order valence-corrected chi connectivity index (χ3v) is 5.48. The van der Waals surface area contributed by atoms with E-state index < -0.39 is 5.82 Å². The highest BCUT2D eigenvalue weighted by Gasteiger charge is 2.35. The van der Waals surface area contributed by atoms with Crippen molar-refractivity contribution in [3.63, 3.8) is 0 Å². The van der Waals surface area contributed by atoms with Crippen LogP contribution in [0, 0.1) is 11.6 Å². The van der Waals surface area contributed by atoms with E-state index >= 15 is 0 Å². The highest BCUT2D eigenvalue weighted by atomic mass is 19.1. The van der Waals surface area contributed by atoms with Crippen LogP contribution < -0.4 is 0 Å². The number of carbonyl (C=O) groups is 1. The average molecular weight is 435 g/mol. The Morgan fingerprint density at radius 3 is 2.72 bits per heavy atom. The fourth-order valence-electron chi connectivity index (χ4n) is 3.97. The topological polar surface area (TPSA) is 72.4 Å². The first-order valence-electron chi connectivity index (χ1n) is 10.3. The zero-order valence-corrected chi connectivity index (χ0v) is 17.0. The molecule has 3 heterocycles. The zero-order chi connectivity index (χ0) is 22.1. The monoisotopic (exact) mass is 435 g/mol. The smallest absolute Gasteiger partial charge is 0.293 e. The van der Waals surface area contributed by atoms with E-state index in [1.165, 1.54) is 30.3 Å². The number of hydrogen-bond acceptors (Lipinski definition) is 5. The first-order chi connectivity index (χ1) is 15.6. The first-order valence-corrected chi connectivity index (χ1v) is 10.3. The Balaban J connectivity index is 1.33. The first kappa shape index (κ1) is 20.1. The third kappa shape index (κ3) is 4.03. The maximum Gasteiger partial charge on any atom is 0.293 e. The Morgan fingerprint density at radius 1 is 1.09 bits per heavy atom. The average Bonchev–Trinajstić information content (AvgIpc) is 3.53. The summed E-state index contributed by atoms with van der Waals surface area (Å²) in [5.74, 6) is 0.0794. The van der Waals surface area contributed by atoms with Crippen LogP contribution in [0.4, 0.5) is 8.78 Å². The number of amides is 1. The second-order valence-corrected chi connectivity index (χ2v) is 7.71. The molecule has 0 spiro atoms. The van der Waals surface area contributed by atoms with Gasteiger partial charge in [-0.2, -0.15) is 0 Å². The van der Waals surface area contributed by atoms with Gasteiger partial charge in [-0.15, -0.1) is 0 Å². The highest BCUT2D eigenvalue weighted by Crippen LogP contribution is 2.33. The van der Waals surface area contributed by atoms with Gasteiger partial charge in [0.25, 0.3) is 5.91 Å². The number of rotatable bonds is 5. The van der Waals surface area contributed by atoms with Gasteiger partial charge >= 0.3 is 0 Å². The van der Waals surface area contributed by atoms with Gasteiger partial charge in [0, 0.05) is 24.6 Å². The number of nitrogens with zero attached hydrogens (tertiary/aromatic N) is 3. The molecule has 0 saturated carbocycles. The molecule has 0 N–H and O–H groups in total. The molecule has 4 aromatic rings. The summed E-state index contributed by atoms with van der Waals surface area (Å²) >= 11 is 0. The Labute approximate surface area is 182 Å². The van der Waals surface area contributed by atoms with Gasteiger partial charge in [0.1, 0.15) is 29.1 Å². The minimum Gasteiger partial charge on any atom is -0.443 e. The van der Waals surface area contributed by atoms with Gasteiger partial charge in [0.05, 0.1) is 6.20 Å². The molecule has 2 aromatic carbocycles. The zero-order valence-electron chi connectivity index (χ0n) is 17.0. The van der Waals surface area contributed by atoms with Crippen molar-refractivity contribution in [1.82, 2.24) is 15.0 Å². The maximum absolute atomic E-state index is 13.5. The molecule has 0 unspecified atom stereocenters. The lowest BCUT2D eigenvalue weighted by Gasteiger charge is -2.20. The van der Waals surface area contributed by atoms with E-state index in [4.69, 9.17) is 8.94 Å². The normalized spacial score (nSPS) is 15.9. The van der Waals surface area contributed by atoms with Crippen molar-refractivity contribution in [3.05, 3.63) is 95.4 Å². The summed E-state index contributed by atoms with van der Waals surface area (Å²) in [6.45, 7) is 0.529. The molecule has 2 aromatic heterocycles. The minimum atomic E-state index is -0.393. The van der Waals surface area contributed by atoms with E-state index in [1.807, 2.05) is 6.07 Å². The van der Waals surface area contributed by atoms with Crippen molar-refractivity contribution in [2.75, 3.05) is 6.54 Å². The van der Waals surface area contributed by atoms with Crippen LogP contribution in [0.15, 0.2) is 69.7 Å². The van der Waals surface area contributed by atoms with E-state index in [9.17, 15) is 13.6 Å². The lowest BCUT2D eigenvalue weighted by Crippen LogP contribution is -2.30. The molecule has 0 aliphatic carbocycles. The second-order valence-electron chi connectivity index (χ2n) is 7.71. The molecule has 1 amide bonds. The summed E-state index contributed by atoms with van der Waals surface area (Å²) in [4.78, 5) is 19.1. The Bertz CT molecular complexity index is 1270. The number of oxazole rings is 1. The summed E-state index contributed by atoms with van der Waals surface area (Å²) in [5.41, 5.74) is 1.69. The van der Waals surface area contributed by atoms with Crippen LogP contribution in [0.1, 0.15) is 46.7 Å². The SMILES string of the molecule is O=C(c1cc(-c2cccc(F)c2)no1)N1CCC[C@@H]1c1ncc(Cc2cccc(F)c2)o1. The number of carbonyl (C=O) groups excluding carboxylic acids is 1. The lowest BCUT2D eigenvalue weighted by molar-refractivity contribution is 0.0672. The molecule has 0 radical (unpaired) electrons. The van der Waals surface area contributed by atoms with Crippen LogP contribution in [0.25, 0.3) is 11.3 Å². The van der Waals surface area contributed by atoms with Gasteiger partial charge in [0.15, 0.2) is 0 Å². The lowest BCUT2D eigenvalue weighted by atomic mass is 10.1. The van der Waals surface area contributed by atoms with E-state index in [2.05, 4.69) is 10.1 Å². The maximum atomic E-state index is 13.5. The molecular weight excluding hydrogens is 416 g/mol. The standard InChI is InChI=1S/C24H19F2N3O3/c25-17-6-1-4-15(10-17)11-19-14-27-23(31-19)21-8-3-9-29(21)24(30)22-13-20(28-32-22)16-5-2-7-18(26)12-16/h1-2,4-7,10,12-14,21H,3,8-9,11H2/t21-/m1/s1. The number of likely N-dealkylation sites (tertiary alicyclic amines) is 1. The van der Waals surface area contributed by atoms with Crippen LogP contribution in [-0.2, 0) is 6.42 Å². The van der Waals surface area contributed by atoms with Crippen molar-refractivity contribution in [3.8, 4) is 11.3 Å². The van der Waals surface area contributed by atoms with E-state index in [0.29, 0.717) is 42.3 Å². The van der Waals surface area contributed by atoms with Crippen LogP contribution in [0.5, 0.6) is 0 Å². The molecule has 1 atom stereocenters. The van der Waals surface area contributed by atoms with Crippen LogP contribution >= 0.6 is 0 Å². The van der Waals surface area contributed by atoms with Crippen LogP contribution in [0.3, 0.4) is 0 Å². The van der Waals surface area contributed by atoms with Crippen LogP contribution in [0.2, 0.25) is 0 Å². The third-order valence-electron chi connectivity index (χ3n) is 5.48. The Morgan fingerprint density at radius 2 is 1.91 bits per heavy atom. The van der Waals surface area contributed by atoms with E-state index in [1.54, 1.807) is 29.3 Å².